The molecule has 35 heavy (non-hydrogen) atoms. The normalized spacial score (nSPS) is 25.0. The van der Waals surface area contributed by atoms with E-state index in [1.807, 2.05) is 18.2 Å². The molecule has 5 rings (SSSR count). The van der Waals surface area contributed by atoms with E-state index in [1.54, 1.807) is 11.0 Å². The molecule has 1 N–H and O–H groups in total. The maximum Gasteiger partial charge on any atom is 0.258 e. The summed E-state index contributed by atoms with van der Waals surface area (Å²) in [7, 11) is 0. The Kier molecular flexibility index (Phi) is 7.37. The van der Waals surface area contributed by atoms with Gasteiger partial charge in [-0.1, -0.05) is 48.0 Å². The lowest BCUT2D eigenvalue weighted by Gasteiger charge is -2.25. The lowest BCUT2D eigenvalue weighted by atomic mass is 10.0. The van der Waals surface area contributed by atoms with Gasteiger partial charge < -0.3 is 19.9 Å². The van der Waals surface area contributed by atoms with Crippen LogP contribution in [0.25, 0.3) is 0 Å². The molecule has 0 spiro atoms. The first-order chi connectivity index (χ1) is 17.0. The number of likely N-dealkylation sites (tertiary alicyclic amines) is 2. The van der Waals surface area contributed by atoms with Crippen molar-refractivity contribution >= 4 is 23.4 Å². The van der Waals surface area contributed by atoms with Gasteiger partial charge in [-0.2, -0.15) is 0 Å². The molecule has 2 amide bonds. The van der Waals surface area contributed by atoms with Crippen molar-refractivity contribution in [1.82, 2.24) is 15.1 Å². The number of halogens is 2. The smallest absolute Gasteiger partial charge is 0.258 e. The van der Waals surface area contributed by atoms with E-state index in [0.717, 1.165) is 44.5 Å². The highest BCUT2D eigenvalue weighted by Crippen LogP contribution is 2.34. The van der Waals surface area contributed by atoms with E-state index in [4.69, 9.17) is 16.3 Å². The van der Waals surface area contributed by atoms with Crippen LogP contribution in [0.15, 0.2) is 48.5 Å². The summed E-state index contributed by atoms with van der Waals surface area (Å²) in [5.41, 5.74) is 1.07. The maximum atomic E-state index is 14.2. The highest BCUT2D eigenvalue weighted by atomic mass is 35.5. The summed E-state index contributed by atoms with van der Waals surface area (Å²) >= 11 is 6.11. The van der Waals surface area contributed by atoms with Gasteiger partial charge in [-0.3, -0.25) is 9.59 Å². The van der Waals surface area contributed by atoms with E-state index in [9.17, 15) is 14.0 Å². The summed E-state index contributed by atoms with van der Waals surface area (Å²) in [6.45, 7) is 4.51. The van der Waals surface area contributed by atoms with Gasteiger partial charge in [-0.25, -0.2) is 4.39 Å². The number of rotatable bonds is 7. The maximum absolute atomic E-state index is 14.2. The third kappa shape index (κ3) is 5.37. The van der Waals surface area contributed by atoms with Gasteiger partial charge in [0.05, 0.1) is 16.6 Å². The zero-order valence-corrected chi connectivity index (χ0v) is 20.4. The fraction of sp³-hybridized carbons (Fsp3) is 0.481. The minimum Gasteiger partial charge on any atom is -0.368 e. The standard InChI is InChI=1S/C27H31ClFN3O3/c28-21-8-4-9-22(29)25(21)27(34)32-16-19-14-31(15-20(19)17-32)12-11-23(18-6-2-1-3-7-18)30-26(33)24-10-5-13-35-24/h1-4,6-9,19-20,23-24H,5,10-17H2,(H,30,33)/t19-,20?,23?,24?/m0/s1. The predicted octanol–water partition coefficient (Wildman–Crippen LogP) is 3.91. The topological polar surface area (TPSA) is 61.9 Å². The molecule has 0 saturated carbocycles. The molecule has 0 radical (unpaired) electrons. The van der Waals surface area contributed by atoms with Crippen LogP contribution in [0, 0.1) is 17.7 Å². The average Bonchev–Trinajstić information content (AvgIpc) is 3.59. The van der Waals surface area contributed by atoms with Crippen molar-refractivity contribution in [2.24, 2.45) is 11.8 Å². The second kappa shape index (κ2) is 10.6. The summed E-state index contributed by atoms with van der Waals surface area (Å²) in [6.07, 6.45) is 2.15. The number of hydrogen-bond acceptors (Lipinski definition) is 4. The molecule has 186 valence electrons. The zero-order chi connectivity index (χ0) is 24.4. The van der Waals surface area contributed by atoms with E-state index >= 15 is 0 Å². The van der Waals surface area contributed by atoms with Crippen molar-refractivity contribution in [3.8, 4) is 0 Å². The SMILES string of the molecule is O=C(NC(CCN1CC2CN(C(=O)c3c(F)cccc3Cl)C[C@@H]2C1)c1ccccc1)C1CCCO1. The fourth-order valence-corrected chi connectivity index (χ4v) is 5.91. The number of hydrogen-bond donors (Lipinski definition) is 1. The van der Waals surface area contributed by atoms with E-state index < -0.39 is 5.82 Å². The van der Waals surface area contributed by atoms with Crippen LogP contribution in [0.2, 0.25) is 5.02 Å². The minimum atomic E-state index is -0.571. The Hall–Kier alpha value is -2.48. The molecule has 3 unspecified atom stereocenters. The second-order valence-corrected chi connectivity index (χ2v) is 10.3. The van der Waals surface area contributed by atoms with Crippen LogP contribution in [-0.4, -0.2) is 67.0 Å². The van der Waals surface area contributed by atoms with Crippen LogP contribution in [0.1, 0.15) is 41.2 Å². The summed E-state index contributed by atoms with van der Waals surface area (Å²) < 4.78 is 19.8. The fourth-order valence-electron chi connectivity index (χ4n) is 5.67. The monoisotopic (exact) mass is 499 g/mol. The van der Waals surface area contributed by atoms with Crippen LogP contribution >= 0.6 is 11.6 Å². The summed E-state index contributed by atoms with van der Waals surface area (Å²) in [5, 5.41) is 3.37. The summed E-state index contributed by atoms with van der Waals surface area (Å²) in [4.78, 5) is 29.8. The van der Waals surface area contributed by atoms with Crippen molar-refractivity contribution in [1.29, 1.82) is 0 Å². The first-order valence-electron chi connectivity index (χ1n) is 12.4. The molecular weight excluding hydrogens is 469 g/mol. The van der Waals surface area contributed by atoms with Crippen LogP contribution in [-0.2, 0) is 9.53 Å². The Labute approximate surface area is 210 Å². The van der Waals surface area contributed by atoms with Crippen molar-refractivity contribution in [2.75, 3.05) is 39.3 Å². The zero-order valence-electron chi connectivity index (χ0n) is 19.7. The van der Waals surface area contributed by atoms with Crippen molar-refractivity contribution in [3.05, 3.63) is 70.5 Å². The molecule has 2 aromatic rings. The largest absolute Gasteiger partial charge is 0.368 e. The van der Waals surface area contributed by atoms with Gasteiger partial charge in [0.2, 0.25) is 5.91 Å². The lowest BCUT2D eigenvalue weighted by Crippen LogP contribution is -2.39. The van der Waals surface area contributed by atoms with Gasteiger partial charge in [0.25, 0.3) is 5.91 Å². The number of nitrogens with one attached hydrogen (secondary N) is 1. The van der Waals surface area contributed by atoms with Gasteiger partial charge >= 0.3 is 0 Å². The number of benzene rings is 2. The van der Waals surface area contributed by atoms with Crippen LogP contribution in [0.4, 0.5) is 4.39 Å². The Morgan fingerprint density at radius 3 is 2.46 bits per heavy atom. The molecule has 3 aliphatic heterocycles. The first-order valence-corrected chi connectivity index (χ1v) is 12.8. The number of carbonyl (C=O) groups excluding carboxylic acids is 2. The predicted molar refractivity (Wildman–Crippen MR) is 132 cm³/mol. The molecule has 0 aliphatic carbocycles. The van der Waals surface area contributed by atoms with E-state index in [1.165, 1.54) is 12.1 Å². The van der Waals surface area contributed by atoms with Crippen molar-refractivity contribution in [2.45, 2.75) is 31.4 Å². The molecule has 8 heteroatoms. The van der Waals surface area contributed by atoms with E-state index in [0.29, 0.717) is 31.5 Å². The first kappa shape index (κ1) is 24.2. The van der Waals surface area contributed by atoms with Crippen molar-refractivity contribution in [3.63, 3.8) is 0 Å². The van der Waals surface area contributed by atoms with Crippen molar-refractivity contribution < 1.29 is 18.7 Å². The quantitative estimate of drug-likeness (QED) is 0.627. The Morgan fingerprint density at radius 2 is 1.80 bits per heavy atom. The summed E-state index contributed by atoms with van der Waals surface area (Å²) in [5.74, 6) is -0.203. The van der Waals surface area contributed by atoms with Gasteiger partial charge in [0.15, 0.2) is 0 Å². The molecule has 3 heterocycles. The van der Waals surface area contributed by atoms with Gasteiger partial charge in [-0.05, 0) is 48.8 Å². The Morgan fingerprint density at radius 1 is 1.06 bits per heavy atom. The van der Waals surface area contributed by atoms with Gasteiger partial charge in [0.1, 0.15) is 11.9 Å². The molecule has 3 saturated heterocycles. The Balaban J connectivity index is 1.17. The van der Waals surface area contributed by atoms with Gasteiger partial charge in [-0.15, -0.1) is 0 Å². The molecule has 0 bridgehead atoms. The number of nitrogens with zero attached hydrogens (tertiary/aromatic N) is 2. The Bertz CT molecular complexity index is 1030. The number of fused-ring (bicyclic) bond motifs is 1. The molecule has 6 nitrogen and oxygen atoms in total. The highest BCUT2D eigenvalue weighted by molar-refractivity contribution is 6.33. The molecule has 2 aromatic carbocycles. The number of ether oxygens (including phenoxy) is 1. The second-order valence-electron chi connectivity index (χ2n) is 9.85. The summed E-state index contributed by atoms with van der Waals surface area (Å²) in [6, 6.07) is 14.3. The average molecular weight is 500 g/mol. The van der Waals surface area contributed by atoms with Crippen LogP contribution in [0.5, 0.6) is 0 Å². The highest BCUT2D eigenvalue weighted by Gasteiger charge is 2.42. The third-order valence-electron chi connectivity index (χ3n) is 7.50. The van der Waals surface area contributed by atoms with Crippen LogP contribution in [0.3, 0.4) is 0 Å². The molecule has 3 fully saturated rings. The van der Waals surface area contributed by atoms with E-state index in [2.05, 4.69) is 22.3 Å². The van der Waals surface area contributed by atoms with Crippen LogP contribution < -0.4 is 5.32 Å². The van der Waals surface area contributed by atoms with Gasteiger partial charge in [0, 0.05) is 39.3 Å². The molecule has 3 aliphatic rings. The number of amides is 2. The molecule has 4 atom stereocenters. The lowest BCUT2D eigenvalue weighted by molar-refractivity contribution is -0.130. The molecule has 0 aromatic heterocycles. The minimum absolute atomic E-state index is 0.0290. The van der Waals surface area contributed by atoms with E-state index in [-0.39, 0.29) is 34.5 Å². The third-order valence-corrected chi connectivity index (χ3v) is 7.82. The molecular formula is C27H31ClFN3O3. The number of carbonyl (C=O) groups is 2.